The number of hydrogen-bond acceptors (Lipinski definition) is 1. The van der Waals surface area contributed by atoms with Crippen LogP contribution in [0.25, 0.3) is 10.9 Å². The van der Waals surface area contributed by atoms with Crippen LogP contribution in [-0.4, -0.2) is 17.4 Å². The molecule has 3 nitrogen and oxygen atoms in total. The second-order valence-electron chi connectivity index (χ2n) is 6.08. The fraction of sp³-hybridized carbons (Fsp3) is 0.471. The Labute approximate surface area is 119 Å². The Balaban J connectivity index is 1.62. The van der Waals surface area contributed by atoms with E-state index < -0.39 is 0 Å². The van der Waals surface area contributed by atoms with Gasteiger partial charge in [0.05, 0.1) is 5.56 Å². The highest BCUT2D eigenvalue weighted by Gasteiger charge is 2.19. The first-order valence-electron chi connectivity index (χ1n) is 7.58. The second kappa shape index (κ2) is 5.70. The third-order valence-corrected chi connectivity index (χ3v) is 4.52. The number of hydrogen-bond donors (Lipinski definition) is 2. The number of para-hydroxylation sites is 1. The maximum atomic E-state index is 12.3. The third-order valence-electron chi connectivity index (χ3n) is 4.52. The molecule has 1 aromatic carbocycles. The molecule has 1 aliphatic rings. The number of fused-ring (bicyclic) bond motifs is 1. The quantitative estimate of drug-likeness (QED) is 0.877. The number of aromatic amines is 1. The molecule has 1 amide bonds. The largest absolute Gasteiger partial charge is 0.360 e. The van der Waals surface area contributed by atoms with Crippen molar-refractivity contribution in [3.8, 4) is 0 Å². The number of nitrogens with one attached hydrogen (secondary N) is 2. The van der Waals surface area contributed by atoms with Crippen molar-refractivity contribution in [1.82, 2.24) is 10.3 Å². The van der Waals surface area contributed by atoms with Gasteiger partial charge in [0.1, 0.15) is 0 Å². The van der Waals surface area contributed by atoms with Gasteiger partial charge in [-0.05, 0) is 30.7 Å². The Bertz CT molecular complexity index is 594. The first-order chi connectivity index (χ1) is 9.74. The van der Waals surface area contributed by atoms with Gasteiger partial charge in [0.25, 0.3) is 5.91 Å². The van der Waals surface area contributed by atoms with E-state index in [1.54, 1.807) is 0 Å². The molecule has 106 valence electrons. The molecule has 3 rings (SSSR count). The van der Waals surface area contributed by atoms with Gasteiger partial charge in [0, 0.05) is 23.6 Å². The van der Waals surface area contributed by atoms with E-state index in [-0.39, 0.29) is 5.91 Å². The van der Waals surface area contributed by atoms with E-state index in [4.69, 9.17) is 0 Å². The number of benzene rings is 1. The SMILES string of the molecule is CC1CCC(CNC(=O)c2c[nH]c3ccccc23)CC1. The predicted octanol–water partition coefficient (Wildman–Crippen LogP) is 3.72. The van der Waals surface area contributed by atoms with Crippen molar-refractivity contribution >= 4 is 16.8 Å². The summed E-state index contributed by atoms with van der Waals surface area (Å²) in [6, 6.07) is 7.93. The molecule has 20 heavy (non-hydrogen) atoms. The zero-order valence-electron chi connectivity index (χ0n) is 12.0. The van der Waals surface area contributed by atoms with Crippen molar-refractivity contribution in [3.05, 3.63) is 36.0 Å². The van der Waals surface area contributed by atoms with Crippen LogP contribution in [0.1, 0.15) is 43.0 Å². The fourth-order valence-electron chi connectivity index (χ4n) is 3.12. The minimum absolute atomic E-state index is 0.0427. The van der Waals surface area contributed by atoms with Crippen LogP contribution in [0.15, 0.2) is 30.5 Å². The van der Waals surface area contributed by atoms with Crippen LogP contribution < -0.4 is 5.32 Å². The molecule has 1 aliphatic carbocycles. The maximum absolute atomic E-state index is 12.3. The van der Waals surface area contributed by atoms with Crippen molar-refractivity contribution in [1.29, 1.82) is 0 Å². The van der Waals surface area contributed by atoms with Crippen LogP contribution in [0, 0.1) is 11.8 Å². The van der Waals surface area contributed by atoms with Crippen LogP contribution in [0.3, 0.4) is 0 Å². The lowest BCUT2D eigenvalue weighted by Crippen LogP contribution is -2.30. The molecule has 0 atom stereocenters. The van der Waals surface area contributed by atoms with Gasteiger partial charge in [0.2, 0.25) is 0 Å². The Kier molecular flexibility index (Phi) is 3.77. The minimum Gasteiger partial charge on any atom is -0.360 e. The molecule has 0 spiro atoms. The van der Waals surface area contributed by atoms with Crippen LogP contribution in [0.5, 0.6) is 0 Å². The highest BCUT2D eigenvalue weighted by molar-refractivity contribution is 6.06. The van der Waals surface area contributed by atoms with E-state index in [1.807, 2.05) is 30.5 Å². The summed E-state index contributed by atoms with van der Waals surface area (Å²) < 4.78 is 0. The van der Waals surface area contributed by atoms with Gasteiger partial charge < -0.3 is 10.3 Å². The number of rotatable bonds is 3. The minimum atomic E-state index is 0.0427. The molecule has 0 aliphatic heterocycles. The van der Waals surface area contributed by atoms with Crippen molar-refractivity contribution in [2.45, 2.75) is 32.6 Å². The maximum Gasteiger partial charge on any atom is 0.253 e. The molecule has 1 aromatic heterocycles. The summed E-state index contributed by atoms with van der Waals surface area (Å²) >= 11 is 0. The van der Waals surface area contributed by atoms with Gasteiger partial charge in [-0.3, -0.25) is 4.79 Å². The standard InChI is InChI=1S/C17H22N2O/c1-12-6-8-13(9-7-12)10-19-17(20)15-11-18-16-5-3-2-4-14(15)16/h2-5,11-13,18H,6-10H2,1H3,(H,19,20). The lowest BCUT2D eigenvalue weighted by Gasteiger charge is -2.26. The molecule has 0 unspecified atom stereocenters. The lowest BCUT2D eigenvalue weighted by atomic mass is 9.83. The smallest absolute Gasteiger partial charge is 0.253 e. The second-order valence-corrected chi connectivity index (χ2v) is 6.08. The Morgan fingerprint density at radius 1 is 1.25 bits per heavy atom. The molecule has 2 aromatic rings. The Morgan fingerprint density at radius 3 is 2.80 bits per heavy atom. The Morgan fingerprint density at radius 2 is 2.00 bits per heavy atom. The van der Waals surface area contributed by atoms with E-state index in [0.717, 1.165) is 28.9 Å². The summed E-state index contributed by atoms with van der Waals surface area (Å²) in [6.45, 7) is 3.13. The predicted molar refractivity (Wildman–Crippen MR) is 81.8 cm³/mol. The Hall–Kier alpha value is -1.77. The van der Waals surface area contributed by atoms with E-state index in [0.29, 0.717) is 5.92 Å². The van der Waals surface area contributed by atoms with Gasteiger partial charge in [-0.2, -0.15) is 0 Å². The molecular weight excluding hydrogens is 248 g/mol. The number of amides is 1. The average molecular weight is 270 g/mol. The van der Waals surface area contributed by atoms with Gasteiger partial charge in [-0.1, -0.05) is 38.0 Å². The molecule has 1 fully saturated rings. The van der Waals surface area contributed by atoms with Crippen LogP contribution in [0.2, 0.25) is 0 Å². The molecule has 1 heterocycles. The number of H-pyrrole nitrogens is 1. The van der Waals surface area contributed by atoms with Crippen molar-refractivity contribution in [3.63, 3.8) is 0 Å². The van der Waals surface area contributed by atoms with E-state index in [2.05, 4.69) is 17.2 Å². The van der Waals surface area contributed by atoms with Crippen LogP contribution in [-0.2, 0) is 0 Å². The fourth-order valence-corrected chi connectivity index (χ4v) is 3.12. The van der Waals surface area contributed by atoms with Crippen molar-refractivity contribution in [2.24, 2.45) is 11.8 Å². The number of aromatic nitrogens is 1. The highest BCUT2D eigenvalue weighted by Crippen LogP contribution is 2.27. The van der Waals surface area contributed by atoms with Crippen LogP contribution >= 0.6 is 0 Å². The molecule has 0 radical (unpaired) electrons. The summed E-state index contributed by atoms with van der Waals surface area (Å²) in [7, 11) is 0. The van der Waals surface area contributed by atoms with E-state index in [1.165, 1.54) is 25.7 Å². The molecule has 3 heteroatoms. The lowest BCUT2D eigenvalue weighted by molar-refractivity contribution is 0.0943. The average Bonchev–Trinajstić information content (AvgIpc) is 2.90. The molecule has 0 bridgehead atoms. The zero-order valence-corrected chi connectivity index (χ0v) is 12.0. The van der Waals surface area contributed by atoms with Gasteiger partial charge in [0.15, 0.2) is 0 Å². The molecule has 1 saturated carbocycles. The summed E-state index contributed by atoms with van der Waals surface area (Å²) in [5.41, 5.74) is 1.77. The summed E-state index contributed by atoms with van der Waals surface area (Å²) in [6.07, 6.45) is 6.90. The van der Waals surface area contributed by atoms with E-state index >= 15 is 0 Å². The zero-order chi connectivity index (χ0) is 13.9. The van der Waals surface area contributed by atoms with Gasteiger partial charge in [-0.25, -0.2) is 0 Å². The highest BCUT2D eigenvalue weighted by atomic mass is 16.1. The first kappa shape index (κ1) is 13.2. The number of carbonyl (C=O) groups excluding carboxylic acids is 1. The van der Waals surface area contributed by atoms with Gasteiger partial charge >= 0.3 is 0 Å². The summed E-state index contributed by atoms with van der Waals surface area (Å²) in [5, 5.41) is 4.10. The van der Waals surface area contributed by atoms with Crippen LogP contribution in [0.4, 0.5) is 0 Å². The third kappa shape index (κ3) is 2.72. The monoisotopic (exact) mass is 270 g/mol. The topological polar surface area (TPSA) is 44.9 Å². The first-order valence-corrected chi connectivity index (χ1v) is 7.58. The van der Waals surface area contributed by atoms with E-state index in [9.17, 15) is 4.79 Å². The molecular formula is C17H22N2O. The van der Waals surface area contributed by atoms with Crippen molar-refractivity contribution < 1.29 is 4.79 Å². The summed E-state index contributed by atoms with van der Waals surface area (Å²) in [4.78, 5) is 15.4. The molecule has 0 saturated heterocycles. The summed E-state index contributed by atoms with van der Waals surface area (Å²) in [5.74, 6) is 1.55. The number of carbonyl (C=O) groups is 1. The van der Waals surface area contributed by atoms with Gasteiger partial charge in [-0.15, -0.1) is 0 Å². The molecule has 2 N–H and O–H groups in total. The van der Waals surface area contributed by atoms with Crippen molar-refractivity contribution in [2.75, 3.05) is 6.54 Å². The normalized spacial score (nSPS) is 22.9.